The molecule has 3 rings (SSSR count). The van der Waals surface area contributed by atoms with Gasteiger partial charge in [-0.15, -0.1) is 0 Å². The van der Waals surface area contributed by atoms with Crippen molar-refractivity contribution in [3.8, 4) is 0 Å². The molecule has 96 valence electrons. The van der Waals surface area contributed by atoms with Crippen LogP contribution in [0, 0.1) is 0 Å². The van der Waals surface area contributed by atoms with Crippen LogP contribution in [0.5, 0.6) is 0 Å². The van der Waals surface area contributed by atoms with Crippen molar-refractivity contribution < 1.29 is 4.74 Å². The number of aryl methyl sites for hydroxylation is 1. The summed E-state index contributed by atoms with van der Waals surface area (Å²) in [6, 6.07) is 10.8. The molecule has 0 aliphatic carbocycles. The highest BCUT2D eigenvalue weighted by atomic mass is 16.5. The first-order valence-electron chi connectivity index (χ1n) is 6.70. The van der Waals surface area contributed by atoms with Crippen molar-refractivity contribution in [2.24, 2.45) is 7.05 Å². The predicted molar refractivity (Wildman–Crippen MR) is 73.6 cm³/mol. The molecular formula is C15H20N2O. The highest BCUT2D eigenvalue weighted by molar-refractivity contribution is 5.81. The summed E-state index contributed by atoms with van der Waals surface area (Å²) in [6.45, 7) is 2.80. The van der Waals surface area contributed by atoms with E-state index in [-0.39, 0.29) is 0 Å². The largest absolute Gasteiger partial charge is 0.377 e. The zero-order chi connectivity index (χ0) is 12.4. The summed E-state index contributed by atoms with van der Waals surface area (Å²) in [7, 11) is 2.13. The molecule has 3 heteroatoms. The first kappa shape index (κ1) is 11.8. The van der Waals surface area contributed by atoms with E-state index in [1.807, 2.05) is 0 Å². The van der Waals surface area contributed by atoms with Gasteiger partial charge in [0.25, 0.3) is 0 Å². The Balaban J connectivity index is 1.65. The standard InChI is InChI=1S/C15H20N2O/c1-17-13(9-12-5-2-3-7-15(12)17)10-16-11-14-6-4-8-18-14/h2-3,5,7,9,14,16H,4,6,8,10-11H2,1H3. The average Bonchev–Trinajstić information content (AvgIpc) is 3.00. The van der Waals surface area contributed by atoms with Gasteiger partial charge in [-0.25, -0.2) is 0 Å². The molecule has 1 aromatic carbocycles. The van der Waals surface area contributed by atoms with Crippen molar-refractivity contribution in [1.29, 1.82) is 0 Å². The third kappa shape index (κ3) is 2.28. The van der Waals surface area contributed by atoms with Gasteiger partial charge in [0.05, 0.1) is 6.10 Å². The zero-order valence-corrected chi connectivity index (χ0v) is 10.9. The summed E-state index contributed by atoms with van der Waals surface area (Å²) in [5, 5.41) is 4.81. The first-order valence-corrected chi connectivity index (χ1v) is 6.70. The van der Waals surface area contributed by atoms with Gasteiger partial charge in [0.2, 0.25) is 0 Å². The Bertz CT molecular complexity index is 526. The number of nitrogens with zero attached hydrogens (tertiary/aromatic N) is 1. The van der Waals surface area contributed by atoms with Crippen LogP contribution in [0.25, 0.3) is 10.9 Å². The van der Waals surface area contributed by atoms with E-state index in [0.717, 1.165) is 19.7 Å². The van der Waals surface area contributed by atoms with Gasteiger partial charge in [0.15, 0.2) is 0 Å². The third-order valence-corrected chi connectivity index (χ3v) is 3.75. The van der Waals surface area contributed by atoms with Crippen molar-refractivity contribution >= 4 is 10.9 Å². The molecule has 1 atom stereocenters. The molecule has 0 radical (unpaired) electrons. The number of hydrogen-bond donors (Lipinski definition) is 1. The monoisotopic (exact) mass is 244 g/mol. The van der Waals surface area contributed by atoms with E-state index in [1.54, 1.807) is 0 Å². The quantitative estimate of drug-likeness (QED) is 0.894. The molecule has 2 heterocycles. The number of hydrogen-bond acceptors (Lipinski definition) is 2. The fraction of sp³-hybridized carbons (Fsp3) is 0.467. The molecule has 3 nitrogen and oxygen atoms in total. The summed E-state index contributed by atoms with van der Waals surface area (Å²) < 4.78 is 7.87. The lowest BCUT2D eigenvalue weighted by Gasteiger charge is -2.11. The summed E-state index contributed by atoms with van der Waals surface area (Å²) in [4.78, 5) is 0. The van der Waals surface area contributed by atoms with Crippen LogP contribution in [0.2, 0.25) is 0 Å². The van der Waals surface area contributed by atoms with Crippen molar-refractivity contribution in [2.75, 3.05) is 13.2 Å². The molecule has 1 N–H and O–H groups in total. The number of nitrogens with one attached hydrogen (secondary N) is 1. The van der Waals surface area contributed by atoms with Crippen LogP contribution >= 0.6 is 0 Å². The molecule has 2 aromatic rings. The summed E-state index contributed by atoms with van der Waals surface area (Å²) in [5.41, 5.74) is 2.63. The van der Waals surface area contributed by atoms with E-state index >= 15 is 0 Å². The van der Waals surface area contributed by atoms with Gasteiger partial charge < -0.3 is 14.6 Å². The molecule has 0 spiro atoms. The van der Waals surface area contributed by atoms with Gasteiger partial charge >= 0.3 is 0 Å². The van der Waals surface area contributed by atoms with E-state index in [4.69, 9.17) is 4.74 Å². The average molecular weight is 244 g/mol. The van der Waals surface area contributed by atoms with E-state index in [2.05, 4.69) is 47.3 Å². The Hall–Kier alpha value is -1.32. The van der Waals surface area contributed by atoms with Crippen LogP contribution in [0.1, 0.15) is 18.5 Å². The molecule has 1 aliphatic heterocycles. The number of aromatic nitrogens is 1. The van der Waals surface area contributed by atoms with Crippen LogP contribution in [0.15, 0.2) is 30.3 Å². The van der Waals surface area contributed by atoms with Crippen molar-refractivity contribution in [1.82, 2.24) is 9.88 Å². The van der Waals surface area contributed by atoms with Crippen LogP contribution in [-0.4, -0.2) is 23.8 Å². The molecule has 18 heavy (non-hydrogen) atoms. The fourth-order valence-electron chi connectivity index (χ4n) is 2.68. The Morgan fingerprint density at radius 2 is 2.28 bits per heavy atom. The maximum Gasteiger partial charge on any atom is 0.0700 e. The van der Waals surface area contributed by atoms with Gasteiger partial charge in [-0.2, -0.15) is 0 Å². The molecule has 1 unspecified atom stereocenters. The second-order valence-electron chi connectivity index (χ2n) is 5.02. The molecule has 1 saturated heterocycles. The first-order chi connectivity index (χ1) is 8.84. The van der Waals surface area contributed by atoms with Gasteiger partial charge in [-0.3, -0.25) is 0 Å². The molecule has 1 aliphatic rings. The van der Waals surface area contributed by atoms with Crippen molar-refractivity contribution in [3.05, 3.63) is 36.0 Å². The molecule has 1 aromatic heterocycles. The Morgan fingerprint density at radius 3 is 3.06 bits per heavy atom. The number of ether oxygens (including phenoxy) is 1. The summed E-state index contributed by atoms with van der Waals surface area (Å²) in [6.07, 6.45) is 2.82. The fourth-order valence-corrected chi connectivity index (χ4v) is 2.68. The minimum absolute atomic E-state index is 0.416. The van der Waals surface area contributed by atoms with E-state index in [9.17, 15) is 0 Å². The highest BCUT2D eigenvalue weighted by Crippen LogP contribution is 2.18. The smallest absolute Gasteiger partial charge is 0.0700 e. The molecule has 0 amide bonds. The lowest BCUT2D eigenvalue weighted by atomic mass is 10.2. The molecule has 1 fully saturated rings. The maximum absolute atomic E-state index is 5.61. The van der Waals surface area contributed by atoms with E-state index in [1.165, 1.54) is 29.4 Å². The van der Waals surface area contributed by atoms with Crippen molar-refractivity contribution in [3.63, 3.8) is 0 Å². The third-order valence-electron chi connectivity index (χ3n) is 3.75. The number of benzene rings is 1. The summed E-state index contributed by atoms with van der Waals surface area (Å²) in [5.74, 6) is 0. The maximum atomic E-state index is 5.61. The Kier molecular flexibility index (Phi) is 3.35. The lowest BCUT2D eigenvalue weighted by Crippen LogP contribution is -2.26. The summed E-state index contributed by atoms with van der Waals surface area (Å²) >= 11 is 0. The lowest BCUT2D eigenvalue weighted by molar-refractivity contribution is 0.110. The Morgan fingerprint density at radius 1 is 1.39 bits per heavy atom. The Labute approximate surface area is 108 Å². The number of rotatable bonds is 4. The van der Waals surface area contributed by atoms with Crippen LogP contribution < -0.4 is 5.32 Å². The molecule has 0 saturated carbocycles. The predicted octanol–water partition coefficient (Wildman–Crippen LogP) is 2.45. The van der Waals surface area contributed by atoms with Gasteiger partial charge in [-0.05, 0) is 30.4 Å². The van der Waals surface area contributed by atoms with Crippen LogP contribution in [0.3, 0.4) is 0 Å². The highest BCUT2D eigenvalue weighted by Gasteiger charge is 2.14. The number of fused-ring (bicyclic) bond motifs is 1. The SMILES string of the molecule is Cn1c(CNCC2CCCO2)cc2ccccc21. The van der Waals surface area contributed by atoms with Gasteiger partial charge in [-0.1, -0.05) is 18.2 Å². The van der Waals surface area contributed by atoms with Gasteiger partial charge in [0.1, 0.15) is 0 Å². The molecule has 0 bridgehead atoms. The minimum Gasteiger partial charge on any atom is -0.377 e. The minimum atomic E-state index is 0.416. The normalized spacial score (nSPS) is 19.7. The second kappa shape index (κ2) is 5.12. The topological polar surface area (TPSA) is 26.2 Å². The second-order valence-corrected chi connectivity index (χ2v) is 5.02. The number of para-hydroxylation sites is 1. The van der Waals surface area contributed by atoms with Gasteiger partial charge in [0, 0.05) is 38.0 Å². The van der Waals surface area contributed by atoms with Crippen molar-refractivity contribution in [2.45, 2.75) is 25.5 Å². The van der Waals surface area contributed by atoms with E-state index in [0.29, 0.717) is 6.10 Å². The molecular weight excluding hydrogens is 224 g/mol. The van der Waals surface area contributed by atoms with Crippen LogP contribution in [0.4, 0.5) is 0 Å². The van der Waals surface area contributed by atoms with Crippen LogP contribution in [-0.2, 0) is 18.3 Å². The van der Waals surface area contributed by atoms with E-state index < -0.39 is 0 Å². The zero-order valence-electron chi connectivity index (χ0n) is 10.9.